The summed E-state index contributed by atoms with van der Waals surface area (Å²) in [5, 5.41) is 4.92. The predicted molar refractivity (Wildman–Crippen MR) is 56.1 cm³/mol. The van der Waals surface area contributed by atoms with Crippen LogP contribution in [0.5, 0.6) is 0 Å². The Kier molecular flexibility index (Phi) is 3.79. The molecule has 0 aliphatic rings. The van der Waals surface area contributed by atoms with Gasteiger partial charge >= 0.3 is 11.8 Å². The van der Waals surface area contributed by atoms with Crippen molar-refractivity contribution in [1.29, 1.82) is 0 Å². The van der Waals surface area contributed by atoms with Gasteiger partial charge in [0, 0.05) is 12.2 Å². The molecule has 15 heavy (non-hydrogen) atoms. The molecule has 0 radical (unpaired) electrons. The summed E-state index contributed by atoms with van der Waals surface area (Å²) in [4.78, 5) is 26.3. The smallest absolute Gasteiger partial charge is 0.313 e. The van der Waals surface area contributed by atoms with E-state index in [1.807, 2.05) is 0 Å². The van der Waals surface area contributed by atoms with Gasteiger partial charge in [-0.1, -0.05) is 0 Å². The first-order chi connectivity index (χ1) is 7.09. The molecule has 0 atom stereocenters. The number of amides is 2. The molecule has 0 fully saturated rings. The number of pyridine rings is 1. The van der Waals surface area contributed by atoms with Crippen LogP contribution in [0.2, 0.25) is 0 Å². The van der Waals surface area contributed by atoms with Crippen molar-refractivity contribution < 1.29 is 9.59 Å². The molecule has 80 valence electrons. The summed E-state index contributed by atoms with van der Waals surface area (Å²) in [5.41, 5.74) is 0.501. The van der Waals surface area contributed by atoms with E-state index in [9.17, 15) is 9.59 Å². The minimum atomic E-state index is -0.684. The molecule has 0 bridgehead atoms. The third kappa shape index (κ3) is 3.76. The Balaban J connectivity index is 2.53. The van der Waals surface area contributed by atoms with Crippen molar-refractivity contribution in [1.82, 2.24) is 10.3 Å². The first-order valence-corrected chi connectivity index (χ1v) is 4.61. The quantitative estimate of drug-likeness (QED) is 0.695. The Morgan fingerprint density at radius 2 is 2.07 bits per heavy atom. The van der Waals surface area contributed by atoms with E-state index in [4.69, 9.17) is 0 Å². The second-order valence-electron chi connectivity index (χ2n) is 3.32. The molecule has 0 unspecified atom stereocenters. The number of carbonyl (C=O) groups excluding carboxylic acids is 2. The molecule has 0 saturated carbocycles. The van der Waals surface area contributed by atoms with Crippen LogP contribution in [0.1, 0.15) is 13.8 Å². The molecule has 0 aliphatic heterocycles. The van der Waals surface area contributed by atoms with E-state index < -0.39 is 11.8 Å². The highest BCUT2D eigenvalue weighted by Crippen LogP contribution is 2.01. The number of hydrogen-bond acceptors (Lipinski definition) is 3. The second-order valence-corrected chi connectivity index (χ2v) is 3.32. The molecule has 0 aromatic carbocycles. The number of carbonyl (C=O) groups is 2. The fraction of sp³-hybridized carbons (Fsp3) is 0.300. The van der Waals surface area contributed by atoms with Gasteiger partial charge in [-0.2, -0.15) is 0 Å². The van der Waals surface area contributed by atoms with Gasteiger partial charge in [0.05, 0.1) is 11.9 Å². The highest BCUT2D eigenvalue weighted by atomic mass is 16.2. The van der Waals surface area contributed by atoms with Crippen molar-refractivity contribution in [3.05, 3.63) is 24.5 Å². The summed E-state index contributed by atoms with van der Waals surface area (Å²) < 4.78 is 0. The zero-order valence-corrected chi connectivity index (χ0v) is 8.65. The average Bonchev–Trinajstić information content (AvgIpc) is 2.18. The van der Waals surface area contributed by atoms with E-state index in [0.717, 1.165) is 0 Å². The number of nitrogens with zero attached hydrogens (tertiary/aromatic N) is 1. The van der Waals surface area contributed by atoms with Gasteiger partial charge < -0.3 is 10.6 Å². The fourth-order valence-corrected chi connectivity index (χ4v) is 0.952. The molecule has 2 amide bonds. The Morgan fingerprint density at radius 3 is 2.60 bits per heavy atom. The van der Waals surface area contributed by atoms with Gasteiger partial charge in [-0.3, -0.25) is 14.6 Å². The largest absolute Gasteiger partial charge is 0.346 e. The third-order valence-electron chi connectivity index (χ3n) is 1.55. The zero-order valence-electron chi connectivity index (χ0n) is 8.65. The second kappa shape index (κ2) is 5.09. The van der Waals surface area contributed by atoms with E-state index in [-0.39, 0.29) is 6.04 Å². The number of nitrogens with one attached hydrogen (secondary N) is 2. The molecule has 1 aromatic heterocycles. The van der Waals surface area contributed by atoms with Gasteiger partial charge in [0.1, 0.15) is 0 Å². The molecular formula is C10H13N3O2. The van der Waals surface area contributed by atoms with Crippen LogP contribution in [0.15, 0.2) is 24.5 Å². The van der Waals surface area contributed by atoms with Crippen molar-refractivity contribution in [2.75, 3.05) is 5.32 Å². The summed E-state index contributed by atoms with van der Waals surface area (Å²) in [6, 6.07) is 3.28. The van der Waals surface area contributed by atoms with E-state index in [2.05, 4.69) is 15.6 Å². The van der Waals surface area contributed by atoms with Gasteiger partial charge in [-0.25, -0.2) is 0 Å². The topological polar surface area (TPSA) is 71.1 Å². The maximum atomic E-state index is 11.3. The zero-order chi connectivity index (χ0) is 11.3. The van der Waals surface area contributed by atoms with Crippen LogP contribution in [0.3, 0.4) is 0 Å². The Hall–Kier alpha value is -1.91. The van der Waals surface area contributed by atoms with Crippen LogP contribution in [0.25, 0.3) is 0 Å². The normalized spacial score (nSPS) is 9.80. The molecule has 0 saturated heterocycles. The van der Waals surface area contributed by atoms with E-state index in [0.29, 0.717) is 5.69 Å². The number of rotatable bonds is 2. The Bertz CT molecular complexity index is 349. The van der Waals surface area contributed by atoms with Gasteiger partial charge in [0.15, 0.2) is 0 Å². The van der Waals surface area contributed by atoms with Gasteiger partial charge in [0.25, 0.3) is 0 Å². The van der Waals surface area contributed by atoms with Crippen LogP contribution in [-0.2, 0) is 9.59 Å². The number of hydrogen-bond donors (Lipinski definition) is 2. The number of anilines is 1. The lowest BCUT2D eigenvalue weighted by molar-refractivity contribution is -0.136. The molecule has 5 heteroatoms. The summed E-state index contributed by atoms with van der Waals surface area (Å²) in [6.07, 6.45) is 3.06. The van der Waals surface area contributed by atoms with Gasteiger partial charge in [0.2, 0.25) is 0 Å². The first-order valence-electron chi connectivity index (χ1n) is 4.61. The SMILES string of the molecule is CC(C)NC(=O)C(=O)Nc1cccnc1. The molecular weight excluding hydrogens is 194 g/mol. The van der Waals surface area contributed by atoms with Gasteiger partial charge in [-0.05, 0) is 26.0 Å². The predicted octanol–water partition coefficient (Wildman–Crippen LogP) is 0.545. The fourth-order valence-electron chi connectivity index (χ4n) is 0.952. The highest BCUT2D eigenvalue weighted by molar-refractivity contribution is 6.39. The highest BCUT2D eigenvalue weighted by Gasteiger charge is 2.13. The lowest BCUT2D eigenvalue weighted by atomic mass is 10.3. The lowest BCUT2D eigenvalue weighted by Crippen LogP contribution is -2.39. The third-order valence-corrected chi connectivity index (χ3v) is 1.55. The molecule has 0 aliphatic carbocycles. The van der Waals surface area contributed by atoms with Crippen molar-refractivity contribution >= 4 is 17.5 Å². The van der Waals surface area contributed by atoms with Gasteiger partial charge in [-0.15, -0.1) is 0 Å². The molecule has 1 heterocycles. The summed E-state index contributed by atoms with van der Waals surface area (Å²) in [6.45, 7) is 3.57. The Morgan fingerprint density at radius 1 is 1.33 bits per heavy atom. The van der Waals surface area contributed by atoms with Crippen LogP contribution >= 0.6 is 0 Å². The number of aromatic nitrogens is 1. The molecule has 2 N–H and O–H groups in total. The monoisotopic (exact) mass is 207 g/mol. The maximum absolute atomic E-state index is 11.3. The van der Waals surface area contributed by atoms with Crippen molar-refractivity contribution in [3.8, 4) is 0 Å². The molecule has 1 rings (SSSR count). The standard InChI is InChI=1S/C10H13N3O2/c1-7(2)12-9(14)10(15)13-8-4-3-5-11-6-8/h3-7H,1-2H3,(H,12,14)(H,13,15). The van der Waals surface area contributed by atoms with E-state index >= 15 is 0 Å². The average molecular weight is 207 g/mol. The first kappa shape index (κ1) is 11.2. The van der Waals surface area contributed by atoms with Crippen LogP contribution in [0, 0.1) is 0 Å². The lowest BCUT2D eigenvalue weighted by Gasteiger charge is -2.08. The molecule has 0 spiro atoms. The summed E-state index contributed by atoms with van der Waals surface area (Å²) in [7, 11) is 0. The van der Waals surface area contributed by atoms with Crippen LogP contribution in [-0.4, -0.2) is 22.8 Å². The molecule has 5 nitrogen and oxygen atoms in total. The van der Waals surface area contributed by atoms with Crippen molar-refractivity contribution in [2.45, 2.75) is 19.9 Å². The molecule has 1 aromatic rings. The van der Waals surface area contributed by atoms with Crippen molar-refractivity contribution in [3.63, 3.8) is 0 Å². The van der Waals surface area contributed by atoms with E-state index in [1.165, 1.54) is 6.20 Å². The minimum absolute atomic E-state index is 0.0582. The van der Waals surface area contributed by atoms with Crippen LogP contribution < -0.4 is 10.6 Å². The van der Waals surface area contributed by atoms with E-state index in [1.54, 1.807) is 32.2 Å². The maximum Gasteiger partial charge on any atom is 0.313 e. The van der Waals surface area contributed by atoms with Crippen LogP contribution in [0.4, 0.5) is 5.69 Å². The summed E-state index contributed by atoms with van der Waals surface area (Å²) in [5.74, 6) is -1.33. The minimum Gasteiger partial charge on any atom is -0.346 e. The van der Waals surface area contributed by atoms with Crippen molar-refractivity contribution in [2.24, 2.45) is 0 Å². The Labute approximate surface area is 87.9 Å². The summed E-state index contributed by atoms with van der Waals surface area (Å²) >= 11 is 0.